The second kappa shape index (κ2) is 7.64. The van der Waals surface area contributed by atoms with E-state index in [1.54, 1.807) is 38.1 Å². The van der Waals surface area contributed by atoms with Gasteiger partial charge in [0, 0.05) is 12.1 Å². The molecule has 1 rings (SSSR count). The molecule has 0 aliphatic rings. The Balaban J connectivity index is 2.66. The van der Waals surface area contributed by atoms with Crippen molar-refractivity contribution in [2.45, 2.75) is 27.7 Å². The van der Waals surface area contributed by atoms with Gasteiger partial charge in [-0.3, -0.25) is 9.59 Å². The smallest absolute Gasteiger partial charge is 0.251 e. The molecule has 5 nitrogen and oxygen atoms in total. The maximum Gasteiger partial charge on any atom is 0.251 e. The fraction of sp³-hybridized carbons (Fsp3) is 0.412. The average molecular weight is 304 g/mol. The number of rotatable bonds is 7. The number of nitrogens with one attached hydrogen (secondary N) is 1. The van der Waals surface area contributed by atoms with Gasteiger partial charge < -0.3 is 15.8 Å². The molecule has 0 aliphatic heterocycles. The molecule has 0 fully saturated rings. The summed E-state index contributed by atoms with van der Waals surface area (Å²) in [4.78, 5) is 23.4. The number of carbonyl (C=O) groups excluding carboxylic acids is 2. The molecule has 0 bridgehead atoms. The molecule has 2 amide bonds. The average Bonchev–Trinajstić information content (AvgIpc) is 2.44. The molecule has 0 spiro atoms. The number of amides is 2. The Morgan fingerprint density at radius 1 is 1.32 bits per heavy atom. The summed E-state index contributed by atoms with van der Waals surface area (Å²) in [5.74, 6) is -0.0899. The van der Waals surface area contributed by atoms with Gasteiger partial charge in [0.1, 0.15) is 12.4 Å². The van der Waals surface area contributed by atoms with Crippen LogP contribution in [0.2, 0.25) is 0 Å². The van der Waals surface area contributed by atoms with Crippen molar-refractivity contribution in [1.29, 1.82) is 0 Å². The fourth-order valence-electron chi connectivity index (χ4n) is 1.52. The first-order valence-electron chi connectivity index (χ1n) is 7.17. The first-order chi connectivity index (χ1) is 10.2. The third-order valence-electron chi connectivity index (χ3n) is 3.20. The molecule has 0 heterocycles. The maximum absolute atomic E-state index is 12.1. The van der Waals surface area contributed by atoms with Crippen molar-refractivity contribution in [3.8, 4) is 5.75 Å². The number of nitrogens with two attached hydrogens (primary N) is 1. The van der Waals surface area contributed by atoms with Gasteiger partial charge in [-0.2, -0.15) is 0 Å². The molecule has 5 heteroatoms. The Labute approximate surface area is 131 Å². The van der Waals surface area contributed by atoms with Crippen LogP contribution in [0.25, 0.3) is 0 Å². The molecule has 120 valence electrons. The van der Waals surface area contributed by atoms with E-state index in [1.807, 2.05) is 19.9 Å². The molecule has 1 aromatic rings. The van der Waals surface area contributed by atoms with Crippen LogP contribution in [0, 0.1) is 5.41 Å². The van der Waals surface area contributed by atoms with Gasteiger partial charge in [-0.15, -0.1) is 0 Å². The number of hydrogen-bond acceptors (Lipinski definition) is 3. The summed E-state index contributed by atoms with van der Waals surface area (Å²) in [6.07, 6.45) is 1.96. The highest BCUT2D eigenvalue weighted by molar-refractivity contribution is 5.95. The standard InChI is InChI=1S/C17H24N2O3/c1-12(2)8-9-22-14-7-5-6-13(10-14)15(20)19-11-17(3,4)16(18)21/h5-8,10H,9,11H2,1-4H3,(H2,18,21)(H,19,20). The monoisotopic (exact) mass is 304 g/mol. The minimum absolute atomic E-state index is 0.185. The predicted molar refractivity (Wildman–Crippen MR) is 86.7 cm³/mol. The van der Waals surface area contributed by atoms with Gasteiger partial charge >= 0.3 is 0 Å². The van der Waals surface area contributed by atoms with Gasteiger partial charge in [0.2, 0.25) is 5.91 Å². The molecule has 0 saturated heterocycles. The zero-order valence-electron chi connectivity index (χ0n) is 13.6. The SMILES string of the molecule is CC(C)=CCOc1cccc(C(=O)NCC(C)(C)C(N)=O)c1. The van der Waals surface area contributed by atoms with Crippen molar-refractivity contribution >= 4 is 11.8 Å². The summed E-state index contributed by atoms with van der Waals surface area (Å²) in [7, 11) is 0. The van der Waals surface area contributed by atoms with E-state index < -0.39 is 11.3 Å². The molecule has 0 aliphatic carbocycles. The van der Waals surface area contributed by atoms with E-state index in [9.17, 15) is 9.59 Å². The zero-order chi connectivity index (χ0) is 16.8. The Hall–Kier alpha value is -2.30. The third-order valence-corrected chi connectivity index (χ3v) is 3.20. The van der Waals surface area contributed by atoms with Crippen LogP contribution in [0.1, 0.15) is 38.1 Å². The molecule has 0 unspecified atom stereocenters. The van der Waals surface area contributed by atoms with E-state index in [0.717, 1.165) is 0 Å². The minimum atomic E-state index is -0.785. The first-order valence-corrected chi connectivity index (χ1v) is 7.17. The van der Waals surface area contributed by atoms with Crippen molar-refractivity contribution in [2.24, 2.45) is 11.1 Å². The Kier molecular flexibility index (Phi) is 6.16. The number of ether oxygens (including phenoxy) is 1. The van der Waals surface area contributed by atoms with Crippen LogP contribution in [0.15, 0.2) is 35.9 Å². The molecule has 0 aromatic heterocycles. The molecule has 0 atom stereocenters. The summed E-state index contributed by atoms with van der Waals surface area (Å²) in [5, 5.41) is 2.71. The van der Waals surface area contributed by atoms with Crippen molar-refractivity contribution < 1.29 is 14.3 Å². The van der Waals surface area contributed by atoms with E-state index in [1.165, 1.54) is 5.57 Å². The van der Waals surface area contributed by atoms with Gasteiger partial charge in [-0.25, -0.2) is 0 Å². The van der Waals surface area contributed by atoms with Crippen molar-refractivity contribution in [3.63, 3.8) is 0 Å². The number of carbonyl (C=O) groups is 2. The van der Waals surface area contributed by atoms with Gasteiger partial charge in [0.25, 0.3) is 5.91 Å². The van der Waals surface area contributed by atoms with Gasteiger partial charge in [0.05, 0.1) is 5.41 Å². The lowest BCUT2D eigenvalue weighted by molar-refractivity contribution is -0.125. The molecular formula is C17H24N2O3. The normalized spacial score (nSPS) is 10.7. The quantitative estimate of drug-likeness (QED) is 0.758. The second-order valence-corrected chi connectivity index (χ2v) is 6.05. The Morgan fingerprint density at radius 2 is 2.00 bits per heavy atom. The lowest BCUT2D eigenvalue weighted by atomic mass is 9.92. The van der Waals surface area contributed by atoms with E-state index in [0.29, 0.717) is 17.9 Å². The fourth-order valence-corrected chi connectivity index (χ4v) is 1.52. The number of allylic oxidation sites excluding steroid dienone is 1. The Morgan fingerprint density at radius 3 is 2.59 bits per heavy atom. The summed E-state index contributed by atoms with van der Waals surface area (Å²) >= 11 is 0. The van der Waals surface area contributed by atoms with Crippen molar-refractivity contribution in [1.82, 2.24) is 5.32 Å². The Bertz CT molecular complexity index is 573. The highest BCUT2D eigenvalue weighted by atomic mass is 16.5. The van der Waals surface area contributed by atoms with Crippen LogP contribution in [0.3, 0.4) is 0 Å². The van der Waals surface area contributed by atoms with Crippen LogP contribution in [-0.2, 0) is 4.79 Å². The van der Waals surface area contributed by atoms with Crippen LogP contribution in [0.5, 0.6) is 5.75 Å². The zero-order valence-corrected chi connectivity index (χ0v) is 13.6. The minimum Gasteiger partial charge on any atom is -0.490 e. The number of benzene rings is 1. The van der Waals surface area contributed by atoms with Crippen LogP contribution in [-0.4, -0.2) is 25.0 Å². The molecule has 22 heavy (non-hydrogen) atoms. The van der Waals surface area contributed by atoms with Crippen LogP contribution in [0.4, 0.5) is 0 Å². The van der Waals surface area contributed by atoms with Gasteiger partial charge in [-0.05, 0) is 52.0 Å². The lowest BCUT2D eigenvalue weighted by Gasteiger charge is -2.20. The topological polar surface area (TPSA) is 81.4 Å². The molecule has 3 N–H and O–H groups in total. The predicted octanol–water partition coefficient (Wildman–Crippen LogP) is 2.27. The number of primary amides is 1. The van der Waals surface area contributed by atoms with E-state index in [-0.39, 0.29) is 12.5 Å². The van der Waals surface area contributed by atoms with E-state index >= 15 is 0 Å². The largest absolute Gasteiger partial charge is 0.490 e. The highest BCUT2D eigenvalue weighted by Crippen LogP contribution is 2.15. The van der Waals surface area contributed by atoms with Crippen LogP contribution >= 0.6 is 0 Å². The molecule has 0 saturated carbocycles. The van der Waals surface area contributed by atoms with Crippen molar-refractivity contribution in [3.05, 3.63) is 41.5 Å². The summed E-state index contributed by atoms with van der Waals surface area (Å²) in [6.45, 7) is 8.01. The lowest BCUT2D eigenvalue weighted by Crippen LogP contribution is -2.42. The third kappa shape index (κ3) is 5.60. The van der Waals surface area contributed by atoms with Crippen LogP contribution < -0.4 is 15.8 Å². The first kappa shape index (κ1) is 17.8. The summed E-state index contributed by atoms with van der Waals surface area (Å²) < 4.78 is 5.56. The van der Waals surface area contributed by atoms with Crippen molar-refractivity contribution in [2.75, 3.05) is 13.2 Å². The van der Waals surface area contributed by atoms with E-state index in [4.69, 9.17) is 10.5 Å². The highest BCUT2D eigenvalue weighted by Gasteiger charge is 2.25. The molecule has 0 radical (unpaired) electrons. The molecular weight excluding hydrogens is 280 g/mol. The molecule has 1 aromatic carbocycles. The van der Waals surface area contributed by atoms with E-state index in [2.05, 4.69) is 5.32 Å². The maximum atomic E-state index is 12.1. The second-order valence-electron chi connectivity index (χ2n) is 6.05. The number of hydrogen-bond donors (Lipinski definition) is 2. The van der Waals surface area contributed by atoms with Gasteiger partial charge in [0.15, 0.2) is 0 Å². The summed E-state index contributed by atoms with van der Waals surface area (Å²) in [6, 6.07) is 6.92. The summed E-state index contributed by atoms with van der Waals surface area (Å²) in [5.41, 5.74) is 6.15. The van der Waals surface area contributed by atoms with Gasteiger partial charge in [-0.1, -0.05) is 11.6 Å².